The molecule has 1 aromatic heterocycles. The van der Waals surface area contributed by atoms with Crippen molar-refractivity contribution in [2.45, 2.75) is 24.0 Å². The Hall–Kier alpha value is -1.93. The molecule has 0 saturated carbocycles. The lowest BCUT2D eigenvalue weighted by atomic mass is 10.2. The molecule has 0 aliphatic carbocycles. The largest absolute Gasteiger partial charge is 0.298 e. The molecule has 28 heavy (non-hydrogen) atoms. The van der Waals surface area contributed by atoms with E-state index in [0.717, 1.165) is 0 Å². The molecule has 0 spiro atoms. The standard InChI is InChI=1S/C19H16Cl2N2O3S2/c1-11(2)28(25,26)14-5-3-4-12(8-14)18(24)23-19-22-17(10-27-19)15-9-13(20)6-7-16(15)21/h3-11H,1-2H3,(H,22,23,24). The number of thiazole rings is 1. The van der Waals surface area contributed by atoms with Crippen LogP contribution in [0.5, 0.6) is 0 Å². The smallest absolute Gasteiger partial charge is 0.257 e. The summed E-state index contributed by atoms with van der Waals surface area (Å²) in [5, 5.41) is 5.27. The Morgan fingerprint density at radius 1 is 1.14 bits per heavy atom. The van der Waals surface area contributed by atoms with E-state index in [0.29, 0.717) is 26.4 Å². The van der Waals surface area contributed by atoms with Crippen molar-refractivity contribution in [2.75, 3.05) is 5.32 Å². The van der Waals surface area contributed by atoms with Gasteiger partial charge in [-0.05, 0) is 50.2 Å². The number of benzene rings is 2. The number of sulfone groups is 1. The molecule has 9 heteroatoms. The minimum Gasteiger partial charge on any atom is -0.298 e. The summed E-state index contributed by atoms with van der Waals surface area (Å²) < 4.78 is 24.6. The molecule has 1 heterocycles. The summed E-state index contributed by atoms with van der Waals surface area (Å²) in [6.45, 7) is 3.19. The Morgan fingerprint density at radius 3 is 2.61 bits per heavy atom. The first-order chi connectivity index (χ1) is 13.2. The fourth-order valence-electron chi connectivity index (χ4n) is 2.40. The van der Waals surface area contributed by atoms with Gasteiger partial charge < -0.3 is 0 Å². The Labute approximate surface area is 177 Å². The normalized spacial score (nSPS) is 11.6. The van der Waals surface area contributed by atoms with Crippen LogP contribution in [-0.2, 0) is 9.84 Å². The summed E-state index contributed by atoms with van der Waals surface area (Å²) >= 11 is 13.4. The van der Waals surface area contributed by atoms with Gasteiger partial charge in [-0.15, -0.1) is 11.3 Å². The van der Waals surface area contributed by atoms with Gasteiger partial charge in [0, 0.05) is 21.5 Å². The predicted molar refractivity (Wildman–Crippen MR) is 114 cm³/mol. The fourth-order valence-corrected chi connectivity index (χ4v) is 4.60. The molecular formula is C19H16Cl2N2O3S2. The Morgan fingerprint density at radius 2 is 1.89 bits per heavy atom. The lowest BCUT2D eigenvalue weighted by Crippen LogP contribution is -2.16. The molecular weight excluding hydrogens is 439 g/mol. The molecule has 0 aliphatic heterocycles. The van der Waals surface area contributed by atoms with E-state index >= 15 is 0 Å². The van der Waals surface area contributed by atoms with Gasteiger partial charge in [-0.1, -0.05) is 29.3 Å². The van der Waals surface area contributed by atoms with Crippen LogP contribution in [0.15, 0.2) is 52.7 Å². The van der Waals surface area contributed by atoms with E-state index in [1.807, 2.05) is 0 Å². The van der Waals surface area contributed by atoms with Gasteiger partial charge >= 0.3 is 0 Å². The highest BCUT2D eigenvalue weighted by molar-refractivity contribution is 7.92. The van der Waals surface area contributed by atoms with Gasteiger partial charge in [0.1, 0.15) is 0 Å². The molecule has 0 radical (unpaired) electrons. The van der Waals surface area contributed by atoms with E-state index in [-0.39, 0.29) is 10.5 Å². The van der Waals surface area contributed by atoms with Crippen LogP contribution in [0, 0.1) is 0 Å². The third-order valence-electron chi connectivity index (χ3n) is 3.97. The number of hydrogen-bond acceptors (Lipinski definition) is 5. The summed E-state index contributed by atoms with van der Waals surface area (Å²) in [4.78, 5) is 17.0. The maximum atomic E-state index is 12.5. The average molecular weight is 455 g/mol. The molecule has 0 atom stereocenters. The second kappa shape index (κ2) is 8.21. The van der Waals surface area contributed by atoms with Crippen LogP contribution in [0.1, 0.15) is 24.2 Å². The lowest BCUT2D eigenvalue weighted by Gasteiger charge is -2.09. The second-order valence-electron chi connectivity index (χ2n) is 6.24. The number of carbonyl (C=O) groups excluding carboxylic acids is 1. The van der Waals surface area contributed by atoms with Gasteiger partial charge in [0.2, 0.25) is 0 Å². The Kier molecular flexibility index (Phi) is 6.09. The fraction of sp³-hybridized carbons (Fsp3) is 0.158. The number of nitrogens with one attached hydrogen (secondary N) is 1. The Balaban J connectivity index is 1.83. The quantitative estimate of drug-likeness (QED) is 0.547. The minimum absolute atomic E-state index is 0.112. The zero-order chi connectivity index (χ0) is 20.5. The van der Waals surface area contributed by atoms with Crippen LogP contribution in [0.2, 0.25) is 10.0 Å². The van der Waals surface area contributed by atoms with Crippen molar-refractivity contribution in [1.82, 2.24) is 4.98 Å². The maximum absolute atomic E-state index is 12.5. The highest BCUT2D eigenvalue weighted by Crippen LogP contribution is 2.32. The van der Waals surface area contributed by atoms with Gasteiger partial charge in [-0.3, -0.25) is 10.1 Å². The van der Waals surface area contributed by atoms with Gasteiger partial charge in [0.25, 0.3) is 5.91 Å². The van der Waals surface area contributed by atoms with Gasteiger partial charge in [0.05, 0.1) is 20.9 Å². The van der Waals surface area contributed by atoms with Gasteiger partial charge in [-0.2, -0.15) is 0 Å². The molecule has 0 fully saturated rings. The molecule has 1 N–H and O–H groups in total. The average Bonchev–Trinajstić information content (AvgIpc) is 3.12. The molecule has 0 bridgehead atoms. The first-order valence-electron chi connectivity index (χ1n) is 8.25. The third-order valence-corrected chi connectivity index (χ3v) is 7.45. The number of aromatic nitrogens is 1. The van der Waals surface area contributed by atoms with Crippen LogP contribution < -0.4 is 5.32 Å². The van der Waals surface area contributed by atoms with E-state index in [1.54, 1.807) is 49.6 Å². The Bertz CT molecular complexity index is 1140. The van der Waals surface area contributed by atoms with Gasteiger partial charge in [-0.25, -0.2) is 13.4 Å². The SMILES string of the molecule is CC(C)S(=O)(=O)c1cccc(C(=O)Nc2nc(-c3cc(Cl)ccc3Cl)cs2)c1. The van der Waals surface area contributed by atoms with E-state index < -0.39 is 21.0 Å². The number of anilines is 1. The number of hydrogen-bond donors (Lipinski definition) is 1. The highest BCUT2D eigenvalue weighted by Gasteiger charge is 2.20. The van der Waals surface area contributed by atoms with Crippen molar-refractivity contribution in [1.29, 1.82) is 0 Å². The molecule has 2 aromatic carbocycles. The first kappa shape index (κ1) is 20.8. The van der Waals surface area contributed by atoms with Crippen LogP contribution in [0.4, 0.5) is 5.13 Å². The van der Waals surface area contributed by atoms with Crippen LogP contribution in [0.3, 0.4) is 0 Å². The third kappa shape index (κ3) is 4.38. The van der Waals surface area contributed by atoms with E-state index in [1.165, 1.54) is 23.5 Å². The highest BCUT2D eigenvalue weighted by atomic mass is 35.5. The number of amides is 1. The zero-order valence-corrected chi connectivity index (χ0v) is 18.1. The molecule has 1 amide bonds. The molecule has 146 valence electrons. The predicted octanol–water partition coefficient (Wildman–Crippen LogP) is 5.55. The molecule has 5 nitrogen and oxygen atoms in total. The summed E-state index contributed by atoms with van der Waals surface area (Å²) in [7, 11) is -3.47. The number of nitrogens with zero attached hydrogens (tertiary/aromatic N) is 1. The van der Waals surface area contributed by atoms with Gasteiger partial charge in [0.15, 0.2) is 15.0 Å². The van der Waals surface area contributed by atoms with Crippen molar-refractivity contribution < 1.29 is 13.2 Å². The molecule has 0 saturated heterocycles. The second-order valence-corrected chi connectivity index (χ2v) is 10.4. The topological polar surface area (TPSA) is 76.1 Å². The number of rotatable bonds is 5. The van der Waals surface area contributed by atoms with Crippen LogP contribution >= 0.6 is 34.5 Å². The first-order valence-corrected chi connectivity index (χ1v) is 11.4. The van der Waals surface area contributed by atoms with Crippen LogP contribution in [0.25, 0.3) is 11.3 Å². The molecule has 0 aliphatic rings. The molecule has 0 unspecified atom stereocenters. The molecule has 3 aromatic rings. The molecule has 3 rings (SSSR count). The maximum Gasteiger partial charge on any atom is 0.257 e. The van der Waals surface area contributed by atoms with Crippen molar-refractivity contribution in [3.63, 3.8) is 0 Å². The van der Waals surface area contributed by atoms with E-state index in [2.05, 4.69) is 10.3 Å². The van der Waals surface area contributed by atoms with E-state index in [4.69, 9.17) is 23.2 Å². The minimum atomic E-state index is -3.47. The van der Waals surface area contributed by atoms with E-state index in [9.17, 15) is 13.2 Å². The summed E-state index contributed by atoms with van der Waals surface area (Å²) in [5.74, 6) is -0.445. The number of halogens is 2. The van der Waals surface area contributed by atoms with Crippen molar-refractivity contribution >= 4 is 55.4 Å². The number of carbonyl (C=O) groups is 1. The summed E-state index contributed by atoms with van der Waals surface area (Å²) in [5.41, 5.74) is 1.49. The monoisotopic (exact) mass is 454 g/mol. The lowest BCUT2D eigenvalue weighted by molar-refractivity contribution is 0.102. The zero-order valence-electron chi connectivity index (χ0n) is 14.9. The summed E-state index contributed by atoms with van der Waals surface area (Å²) in [6, 6.07) is 11.0. The van der Waals surface area contributed by atoms with Crippen molar-refractivity contribution in [3.05, 3.63) is 63.5 Å². The van der Waals surface area contributed by atoms with Crippen molar-refractivity contribution in [3.8, 4) is 11.3 Å². The summed E-state index contributed by atoms with van der Waals surface area (Å²) in [6.07, 6.45) is 0. The van der Waals surface area contributed by atoms with Crippen molar-refractivity contribution in [2.24, 2.45) is 0 Å². The van der Waals surface area contributed by atoms with Crippen LogP contribution in [-0.4, -0.2) is 24.6 Å².